The monoisotopic (exact) mass is 595 g/mol. The number of rotatable bonds is 15. The molecule has 2 aromatic carbocycles. The maximum Gasteiger partial charge on any atom is 0.406 e. The van der Waals surface area contributed by atoms with Gasteiger partial charge in [-0.15, -0.1) is 0 Å². The van der Waals surface area contributed by atoms with E-state index in [9.17, 15) is 28.2 Å². The number of carboxylic acid groups (broad SMARTS) is 1. The van der Waals surface area contributed by atoms with E-state index in [4.69, 9.17) is 18.9 Å². The van der Waals surface area contributed by atoms with Crippen LogP contribution in [0.25, 0.3) is 0 Å². The highest BCUT2D eigenvalue weighted by Gasteiger charge is 2.32. The minimum absolute atomic E-state index is 0.00299. The standard InChI is InChI=1S/C27H37N3O10S/c1-18(2)15-30(41(35,36)21-9-10-24-25(14-21)40-17-39-24)16-23(31)22(29-26(32)33)13-19-5-7-20(8-6-19)37-11-4-12-38-27(34)28-3/h5-10,14,18,22-23,29,31H,4,11-13,15-17H2,1-3H3,(H,28,34)(H,32,33)/t22-,23+/m0/s1. The number of alkyl carbamates (subject to hydrolysis) is 1. The molecule has 0 aliphatic carbocycles. The molecule has 14 heteroatoms. The molecule has 0 saturated heterocycles. The summed E-state index contributed by atoms with van der Waals surface area (Å²) in [5.74, 6) is 1.25. The van der Waals surface area contributed by atoms with Crippen LogP contribution in [0.3, 0.4) is 0 Å². The first-order valence-electron chi connectivity index (χ1n) is 13.1. The van der Waals surface area contributed by atoms with E-state index >= 15 is 0 Å². The Bertz CT molecular complexity index is 1270. The van der Waals surface area contributed by atoms with Crippen LogP contribution in [-0.2, 0) is 21.2 Å². The van der Waals surface area contributed by atoms with E-state index in [0.29, 0.717) is 35.8 Å². The zero-order chi connectivity index (χ0) is 30.0. The van der Waals surface area contributed by atoms with Crippen molar-refractivity contribution in [3.63, 3.8) is 0 Å². The zero-order valence-electron chi connectivity index (χ0n) is 23.2. The Morgan fingerprint density at radius 1 is 1.05 bits per heavy atom. The van der Waals surface area contributed by atoms with Crippen LogP contribution in [0.15, 0.2) is 47.4 Å². The number of hydrogen-bond acceptors (Lipinski definition) is 9. The summed E-state index contributed by atoms with van der Waals surface area (Å²) in [7, 11) is -2.58. The van der Waals surface area contributed by atoms with Crippen molar-refractivity contribution in [2.45, 2.75) is 43.7 Å². The van der Waals surface area contributed by atoms with Gasteiger partial charge in [-0.2, -0.15) is 4.31 Å². The summed E-state index contributed by atoms with van der Waals surface area (Å²) in [6.07, 6.45) is -2.62. The third kappa shape index (κ3) is 9.40. The number of sulfonamides is 1. The largest absolute Gasteiger partial charge is 0.493 e. The Morgan fingerprint density at radius 2 is 1.76 bits per heavy atom. The van der Waals surface area contributed by atoms with Crippen LogP contribution in [0, 0.1) is 5.92 Å². The molecule has 1 aliphatic heterocycles. The molecule has 1 aliphatic rings. The van der Waals surface area contributed by atoms with Crippen LogP contribution < -0.4 is 24.8 Å². The van der Waals surface area contributed by atoms with E-state index in [1.807, 2.05) is 13.8 Å². The first kappa shape index (κ1) is 31.8. The molecule has 226 valence electrons. The average molecular weight is 596 g/mol. The van der Waals surface area contributed by atoms with Crippen molar-refractivity contribution in [2.24, 2.45) is 5.92 Å². The number of nitrogens with zero attached hydrogens (tertiary/aromatic N) is 1. The minimum atomic E-state index is -4.06. The second-order valence-corrected chi connectivity index (χ2v) is 11.7. The van der Waals surface area contributed by atoms with Crippen molar-refractivity contribution in [3.8, 4) is 17.2 Å². The SMILES string of the molecule is CNC(=O)OCCCOc1ccc(C[C@H](NC(=O)O)[C@H](O)CN(CC(C)C)S(=O)(=O)c2ccc3c(c2)OCO3)cc1. The molecule has 0 saturated carbocycles. The molecular weight excluding hydrogens is 558 g/mol. The maximum absolute atomic E-state index is 13.6. The smallest absolute Gasteiger partial charge is 0.406 e. The molecule has 13 nitrogen and oxygen atoms in total. The maximum atomic E-state index is 13.6. The molecule has 1 heterocycles. The van der Waals surface area contributed by atoms with Gasteiger partial charge in [-0.25, -0.2) is 18.0 Å². The van der Waals surface area contributed by atoms with Gasteiger partial charge in [0.2, 0.25) is 16.8 Å². The molecule has 0 bridgehead atoms. The van der Waals surface area contributed by atoms with Gasteiger partial charge in [0, 0.05) is 32.6 Å². The molecular formula is C27H37N3O10S. The quantitative estimate of drug-likeness (QED) is 0.224. The van der Waals surface area contributed by atoms with Gasteiger partial charge in [-0.05, 0) is 42.2 Å². The van der Waals surface area contributed by atoms with Crippen LogP contribution in [0.4, 0.5) is 9.59 Å². The van der Waals surface area contributed by atoms with E-state index in [-0.39, 0.29) is 43.7 Å². The first-order chi connectivity index (χ1) is 19.5. The van der Waals surface area contributed by atoms with E-state index in [1.165, 1.54) is 25.2 Å². The lowest BCUT2D eigenvalue weighted by Gasteiger charge is -2.30. The number of hydrogen-bond donors (Lipinski definition) is 4. The molecule has 4 N–H and O–H groups in total. The fourth-order valence-electron chi connectivity index (χ4n) is 4.10. The summed E-state index contributed by atoms with van der Waals surface area (Å²) in [5.41, 5.74) is 0.701. The number of aliphatic hydroxyl groups is 1. The number of carbonyl (C=O) groups is 2. The lowest BCUT2D eigenvalue weighted by atomic mass is 10.0. The number of aliphatic hydroxyl groups excluding tert-OH is 1. The van der Waals surface area contributed by atoms with E-state index in [1.54, 1.807) is 24.3 Å². The summed E-state index contributed by atoms with van der Waals surface area (Å²) in [4.78, 5) is 22.6. The Balaban J connectivity index is 1.67. The minimum Gasteiger partial charge on any atom is -0.493 e. The molecule has 2 aromatic rings. The molecule has 0 unspecified atom stereocenters. The van der Waals surface area contributed by atoms with Gasteiger partial charge in [0.25, 0.3) is 0 Å². The molecule has 0 fully saturated rings. The highest BCUT2D eigenvalue weighted by atomic mass is 32.2. The Kier molecular flexibility index (Phi) is 11.4. The van der Waals surface area contributed by atoms with Crippen molar-refractivity contribution < 1.29 is 47.2 Å². The molecule has 2 amide bonds. The van der Waals surface area contributed by atoms with Crippen molar-refractivity contribution in [2.75, 3.05) is 40.1 Å². The number of amides is 2. The van der Waals surface area contributed by atoms with Crippen LogP contribution >= 0.6 is 0 Å². The second kappa shape index (κ2) is 14.8. The number of fused-ring (bicyclic) bond motifs is 1. The summed E-state index contributed by atoms with van der Waals surface area (Å²) in [5, 5.41) is 25.2. The van der Waals surface area contributed by atoms with Gasteiger partial charge in [-0.1, -0.05) is 26.0 Å². The van der Waals surface area contributed by atoms with E-state index < -0.39 is 34.4 Å². The summed E-state index contributed by atoms with van der Waals surface area (Å²) >= 11 is 0. The zero-order valence-corrected chi connectivity index (χ0v) is 24.1. The van der Waals surface area contributed by atoms with E-state index in [0.717, 1.165) is 4.31 Å². The highest BCUT2D eigenvalue weighted by Crippen LogP contribution is 2.35. The lowest BCUT2D eigenvalue weighted by molar-refractivity contribution is 0.0980. The van der Waals surface area contributed by atoms with Gasteiger partial charge in [0.15, 0.2) is 11.5 Å². The van der Waals surface area contributed by atoms with Crippen molar-refractivity contribution in [1.29, 1.82) is 0 Å². The van der Waals surface area contributed by atoms with E-state index in [2.05, 4.69) is 10.6 Å². The fourth-order valence-corrected chi connectivity index (χ4v) is 5.74. The predicted molar refractivity (Wildman–Crippen MR) is 148 cm³/mol. The Labute approximate surface area is 239 Å². The number of carbonyl (C=O) groups excluding carboxylic acids is 1. The number of ether oxygens (including phenoxy) is 4. The van der Waals surface area contributed by atoms with Gasteiger partial charge in [-0.3, -0.25) is 0 Å². The summed E-state index contributed by atoms with van der Waals surface area (Å²) in [6.45, 7) is 3.99. The summed E-state index contributed by atoms with van der Waals surface area (Å²) < 4.78 is 49.4. The van der Waals surface area contributed by atoms with Crippen LogP contribution in [0.5, 0.6) is 17.2 Å². The molecule has 0 spiro atoms. The van der Waals surface area contributed by atoms with Gasteiger partial charge in [0.1, 0.15) is 5.75 Å². The molecule has 3 rings (SSSR count). The van der Waals surface area contributed by atoms with Gasteiger partial charge < -0.3 is 39.8 Å². The molecule has 0 aromatic heterocycles. The fraction of sp³-hybridized carbons (Fsp3) is 0.481. The normalized spacial score (nSPS) is 14.0. The van der Waals surface area contributed by atoms with Crippen molar-refractivity contribution in [1.82, 2.24) is 14.9 Å². The predicted octanol–water partition coefficient (Wildman–Crippen LogP) is 2.43. The van der Waals surface area contributed by atoms with Crippen LogP contribution in [0.2, 0.25) is 0 Å². The first-order valence-corrected chi connectivity index (χ1v) is 14.6. The van der Waals surface area contributed by atoms with Crippen LogP contribution in [-0.4, -0.2) is 87.4 Å². The topological polar surface area (TPSA) is 173 Å². The van der Waals surface area contributed by atoms with Gasteiger partial charge in [0.05, 0.1) is 30.3 Å². The average Bonchev–Trinajstić information content (AvgIpc) is 3.40. The second-order valence-electron chi connectivity index (χ2n) is 9.79. The lowest BCUT2D eigenvalue weighted by Crippen LogP contribution is -2.50. The molecule has 2 atom stereocenters. The third-order valence-corrected chi connectivity index (χ3v) is 7.92. The number of nitrogens with one attached hydrogen (secondary N) is 2. The molecule has 41 heavy (non-hydrogen) atoms. The third-order valence-electron chi connectivity index (χ3n) is 6.09. The highest BCUT2D eigenvalue weighted by molar-refractivity contribution is 7.89. The molecule has 0 radical (unpaired) electrons. The van der Waals surface area contributed by atoms with Crippen molar-refractivity contribution in [3.05, 3.63) is 48.0 Å². The van der Waals surface area contributed by atoms with Crippen molar-refractivity contribution >= 4 is 22.2 Å². The summed E-state index contributed by atoms with van der Waals surface area (Å²) in [6, 6.07) is 10.2. The number of benzene rings is 2. The van der Waals surface area contributed by atoms with Crippen LogP contribution in [0.1, 0.15) is 25.8 Å². The Hall–Kier alpha value is -3.75. The Morgan fingerprint density at radius 3 is 2.41 bits per heavy atom. The van der Waals surface area contributed by atoms with Gasteiger partial charge >= 0.3 is 12.2 Å².